The highest BCUT2D eigenvalue weighted by molar-refractivity contribution is 8.05. The number of carboxylic acids is 1. The molecule has 0 amide bonds. The Morgan fingerprint density at radius 1 is 1.70 bits per heavy atom. The van der Waals surface area contributed by atoms with Crippen LogP contribution < -0.4 is 0 Å². The van der Waals surface area contributed by atoms with Crippen LogP contribution in [0.4, 0.5) is 0 Å². The Labute approximate surface area is 62.2 Å². The van der Waals surface area contributed by atoms with Gasteiger partial charge in [-0.05, 0) is 10.8 Å². The van der Waals surface area contributed by atoms with Crippen molar-refractivity contribution in [1.82, 2.24) is 0 Å². The van der Waals surface area contributed by atoms with Crippen molar-refractivity contribution in [1.29, 1.82) is 0 Å². The van der Waals surface area contributed by atoms with Gasteiger partial charge in [-0.3, -0.25) is 4.99 Å². The summed E-state index contributed by atoms with van der Waals surface area (Å²) in [5.74, 6) is -0.944. The van der Waals surface area contributed by atoms with Gasteiger partial charge in [0.25, 0.3) is 0 Å². The van der Waals surface area contributed by atoms with Gasteiger partial charge in [0, 0.05) is 12.4 Å². The lowest BCUT2D eigenvalue weighted by Gasteiger charge is -1.87. The minimum Gasteiger partial charge on any atom is -0.478 e. The molecule has 0 aromatic rings. The molecule has 0 aromatic carbocycles. The molecule has 0 fully saturated rings. The highest BCUT2D eigenvalue weighted by Crippen LogP contribution is 2.10. The zero-order valence-electron chi connectivity index (χ0n) is 5.02. The van der Waals surface area contributed by atoms with Crippen LogP contribution in [0.5, 0.6) is 0 Å². The lowest BCUT2D eigenvalue weighted by molar-refractivity contribution is -0.131. The standard InChI is InChI=1S/C6H5NO2S/c8-6(9)5-3-7-1-2-10-4-5/h1-4H,(H,8,9). The van der Waals surface area contributed by atoms with Gasteiger partial charge in [-0.15, -0.1) is 11.8 Å². The second-order valence-electron chi connectivity index (χ2n) is 1.58. The summed E-state index contributed by atoms with van der Waals surface area (Å²) < 4.78 is 0. The van der Waals surface area contributed by atoms with Crippen LogP contribution in [0.2, 0.25) is 0 Å². The predicted molar refractivity (Wildman–Crippen MR) is 40.9 cm³/mol. The van der Waals surface area contributed by atoms with E-state index in [2.05, 4.69) is 4.99 Å². The van der Waals surface area contributed by atoms with Crippen LogP contribution >= 0.6 is 11.8 Å². The molecule has 0 saturated carbocycles. The van der Waals surface area contributed by atoms with E-state index in [4.69, 9.17) is 5.11 Å². The number of hydrogen-bond donors (Lipinski definition) is 1. The van der Waals surface area contributed by atoms with Crippen LogP contribution in [-0.2, 0) is 4.79 Å². The topological polar surface area (TPSA) is 49.7 Å². The fraction of sp³-hybridized carbons (Fsp3) is 0. The van der Waals surface area contributed by atoms with Crippen LogP contribution in [0.3, 0.4) is 0 Å². The van der Waals surface area contributed by atoms with Crippen molar-refractivity contribution in [3.8, 4) is 0 Å². The van der Waals surface area contributed by atoms with E-state index in [1.807, 2.05) is 0 Å². The van der Waals surface area contributed by atoms with Gasteiger partial charge in [-0.2, -0.15) is 0 Å². The molecule has 0 radical (unpaired) electrons. The number of carboxylic acid groups (broad SMARTS) is 1. The van der Waals surface area contributed by atoms with E-state index < -0.39 is 5.97 Å². The lowest BCUT2D eigenvalue weighted by atomic mass is 10.3. The molecule has 0 atom stereocenters. The summed E-state index contributed by atoms with van der Waals surface area (Å²) in [6.45, 7) is 0. The number of thioether (sulfide) groups is 1. The van der Waals surface area contributed by atoms with Crippen LogP contribution in [0.25, 0.3) is 0 Å². The maximum absolute atomic E-state index is 10.3. The maximum atomic E-state index is 10.3. The van der Waals surface area contributed by atoms with Gasteiger partial charge in [0.1, 0.15) is 0 Å². The molecule has 0 unspecified atom stereocenters. The Morgan fingerprint density at radius 3 is 3.20 bits per heavy atom. The first-order valence-electron chi connectivity index (χ1n) is 2.58. The van der Waals surface area contributed by atoms with E-state index in [0.717, 1.165) is 0 Å². The van der Waals surface area contributed by atoms with Crippen molar-refractivity contribution in [3.05, 3.63) is 22.6 Å². The Bertz CT molecular complexity index is 230. The average molecular weight is 155 g/mol. The SMILES string of the molecule is O=C(O)C1=CSC=CN=C1. The second-order valence-corrected chi connectivity index (χ2v) is 2.36. The fourth-order valence-electron chi connectivity index (χ4n) is 0.442. The first-order chi connectivity index (χ1) is 4.80. The summed E-state index contributed by atoms with van der Waals surface area (Å²) >= 11 is 1.30. The van der Waals surface area contributed by atoms with E-state index in [1.54, 1.807) is 11.6 Å². The summed E-state index contributed by atoms with van der Waals surface area (Å²) in [6, 6.07) is 0. The van der Waals surface area contributed by atoms with Gasteiger partial charge >= 0.3 is 5.97 Å². The van der Waals surface area contributed by atoms with Gasteiger partial charge < -0.3 is 5.11 Å². The van der Waals surface area contributed by atoms with Gasteiger partial charge in [-0.1, -0.05) is 0 Å². The van der Waals surface area contributed by atoms with Crippen LogP contribution in [0.15, 0.2) is 27.6 Å². The van der Waals surface area contributed by atoms with E-state index in [1.165, 1.54) is 23.4 Å². The Hall–Kier alpha value is -1.03. The number of rotatable bonds is 1. The Kier molecular flexibility index (Phi) is 2.28. The summed E-state index contributed by atoms with van der Waals surface area (Å²) in [7, 11) is 0. The first kappa shape index (κ1) is 7.08. The van der Waals surface area contributed by atoms with Crippen molar-refractivity contribution in [2.24, 2.45) is 4.99 Å². The van der Waals surface area contributed by atoms with Crippen LogP contribution in [-0.4, -0.2) is 17.3 Å². The highest BCUT2D eigenvalue weighted by atomic mass is 32.2. The van der Waals surface area contributed by atoms with Crippen molar-refractivity contribution >= 4 is 23.9 Å². The van der Waals surface area contributed by atoms with E-state index >= 15 is 0 Å². The summed E-state index contributed by atoms with van der Waals surface area (Å²) in [5, 5.41) is 11.7. The molecular weight excluding hydrogens is 150 g/mol. The smallest absolute Gasteiger partial charge is 0.337 e. The van der Waals surface area contributed by atoms with Gasteiger partial charge in [0.2, 0.25) is 0 Å². The summed E-state index contributed by atoms with van der Waals surface area (Å²) in [4.78, 5) is 14.0. The number of aliphatic imine (C=N–C) groups is 1. The monoisotopic (exact) mass is 155 g/mol. The van der Waals surface area contributed by atoms with E-state index in [0.29, 0.717) is 0 Å². The Balaban J connectivity index is 2.78. The molecule has 1 heterocycles. The van der Waals surface area contributed by atoms with E-state index in [-0.39, 0.29) is 5.57 Å². The number of aliphatic carboxylic acids is 1. The van der Waals surface area contributed by atoms with Gasteiger partial charge in [0.05, 0.1) is 5.57 Å². The molecule has 3 nitrogen and oxygen atoms in total. The van der Waals surface area contributed by atoms with E-state index in [9.17, 15) is 4.79 Å². The molecule has 4 heteroatoms. The molecule has 0 spiro atoms. The fourth-order valence-corrected chi connectivity index (χ4v) is 0.970. The Morgan fingerprint density at radius 2 is 2.50 bits per heavy atom. The van der Waals surface area contributed by atoms with Crippen molar-refractivity contribution < 1.29 is 9.90 Å². The van der Waals surface area contributed by atoms with Crippen molar-refractivity contribution in [2.75, 3.05) is 0 Å². The summed E-state index contributed by atoms with van der Waals surface area (Å²) in [6.07, 6.45) is 2.87. The maximum Gasteiger partial charge on any atom is 0.337 e. The minimum atomic E-state index is -0.944. The minimum absolute atomic E-state index is 0.218. The third-order valence-corrected chi connectivity index (χ3v) is 1.55. The quantitative estimate of drug-likeness (QED) is 0.619. The number of carbonyl (C=O) groups is 1. The lowest BCUT2D eigenvalue weighted by Crippen LogP contribution is -1.99. The second kappa shape index (κ2) is 3.22. The van der Waals surface area contributed by atoms with Crippen molar-refractivity contribution in [3.63, 3.8) is 0 Å². The molecule has 0 aromatic heterocycles. The molecule has 10 heavy (non-hydrogen) atoms. The highest BCUT2D eigenvalue weighted by Gasteiger charge is 2.02. The molecular formula is C6H5NO2S. The molecule has 0 bridgehead atoms. The van der Waals surface area contributed by atoms with Crippen LogP contribution in [0, 0.1) is 0 Å². The molecule has 1 N–H and O–H groups in total. The molecule has 0 aliphatic carbocycles. The average Bonchev–Trinajstić information content (AvgIpc) is 2.12. The summed E-state index contributed by atoms with van der Waals surface area (Å²) in [5.41, 5.74) is 0.218. The molecule has 1 aliphatic heterocycles. The van der Waals surface area contributed by atoms with Gasteiger partial charge in [0.15, 0.2) is 0 Å². The van der Waals surface area contributed by atoms with Crippen molar-refractivity contribution in [2.45, 2.75) is 0 Å². The largest absolute Gasteiger partial charge is 0.478 e. The zero-order chi connectivity index (χ0) is 7.40. The molecule has 1 aliphatic rings. The zero-order valence-corrected chi connectivity index (χ0v) is 5.84. The first-order valence-corrected chi connectivity index (χ1v) is 3.52. The normalized spacial score (nSPS) is 16.2. The third kappa shape index (κ3) is 1.73. The number of nitrogens with zero attached hydrogens (tertiary/aromatic N) is 1. The van der Waals surface area contributed by atoms with Gasteiger partial charge in [-0.25, -0.2) is 4.79 Å². The third-order valence-electron chi connectivity index (χ3n) is 0.881. The predicted octanol–water partition coefficient (Wildman–Crippen LogP) is 1.24. The number of hydrogen-bond acceptors (Lipinski definition) is 3. The molecule has 52 valence electrons. The van der Waals surface area contributed by atoms with Crippen LogP contribution in [0.1, 0.15) is 0 Å². The molecule has 0 saturated heterocycles. The molecule has 1 rings (SSSR count).